The van der Waals surface area contributed by atoms with Crippen molar-refractivity contribution in [1.29, 1.82) is 0 Å². The normalized spacial score (nSPS) is 10.1. The summed E-state index contributed by atoms with van der Waals surface area (Å²) in [5.41, 5.74) is 1.89. The Morgan fingerprint density at radius 2 is 1.51 bits per heavy atom. The molecule has 35 heavy (non-hydrogen) atoms. The van der Waals surface area contributed by atoms with Crippen LogP contribution in [0.2, 0.25) is 0 Å². The summed E-state index contributed by atoms with van der Waals surface area (Å²) < 4.78 is 22.1. The largest absolute Gasteiger partial charge is 0.493 e. The maximum atomic E-state index is 13.0. The van der Waals surface area contributed by atoms with Crippen molar-refractivity contribution >= 4 is 23.6 Å². The van der Waals surface area contributed by atoms with Crippen molar-refractivity contribution in [2.45, 2.75) is 26.2 Å². The molecule has 10 heteroatoms. The van der Waals surface area contributed by atoms with Gasteiger partial charge in [0.1, 0.15) is 0 Å². The van der Waals surface area contributed by atoms with Gasteiger partial charge in [-0.25, -0.2) is 14.4 Å². The van der Waals surface area contributed by atoms with E-state index in [1.54, 1.807) is 33.4 Å². The van der Waals surface area contributed by atoms with E-state index < -0.39 is 17.9 Å². The quantitative estimate of drug-likeness (QED) is 0.241. The Morgan fingerprint density at radius 1 is 0.914 bits per heavy atom. The van der Waals surface area contributed by atoms with E-state index in [2.05, 4.69) is 12.2 Å². The zero-order valence-electron chi connectivity index (χ0n) is 20.4. The second-order valence-corrected chi connectivity index (χ2v) is 6.92. The molecule has 0 aliphatic carbocycles. The number of carbonyl (C=O) groups excluding carboxylic acids is 1. The van der Waals surface area contributed by atoms with Crippen molar-refractivity contribution in [2.75, 3.05) is 33.7 Å². The number of aliphatic carboxylic acids is 2. The van der Waals surface area contributed by atoms with Gasteiger partial charge in [0.05, 0.1) is 32.6 Å². The van der Waals surface area contributed by atoms with Gasteiger partial charge >= 0.3 is 17.9 Å². The maximum absolute atomic E-state index is 13.0. The van der Waals surface area contributed by atoms with Crippen molar-refractivity contribution in [3.63, 3.8) is 0 Å². The number of anilines is 1. The van der Waals surface area contributed by atoms with Crippen LogP contribution in [0.5, 0.6) is 23.0 Å². The molecular formula is C25H31NO9. The summed E-state index contributed by atoms with van der Waals surface area (Å²) in [7, 11) is 6.40. The molecule has 2 aromatic rings. The molecule has 0 atom stereocenters. The summed E-state index contributed by atoms with van der Waals surface area (Å²) >= 11 is 0. The highest BCUT2D eigenvalue weighted by Crippen LogP contribution is 2.43. The van der Waals surface area contributed by atoms with E-state index in [1.165, 1.54) is 7.11 Å². The van der Waals surface area contributed by atoms with E-state index >= 15 is 0 Å². The Kier molecular flexibility index (Phi) is 12.2. The Bertz CT molecular complexity index is 1030. The molecule has 0 amide bonds. The van der Waals surface area contributed by atoms with E-state index in [4.69, 9.17) is 29.2 Å². The topological polar surface area (TPSA) is 141 Å². The lowest BCUT2D eigenvalue weighted by molar-refractivity contribution is -0.134. The Labute approximate surface area is 204 Å². The monoisotopic (exact) mass is 489 g/mol. The number of carbonyl (C=O) groups is 3. The average Bonchev–Trinajstić information content (AvgIpc) is 2.85. The Morgan fingerprint density at radius 3 is 2.00 bits per heavy atom. The highest BCUT2D eigenvalue weighted by Gasteiger charge is 2.25. The fourth-order valence-electron chi connectivity index (χ4n) is 3.06. The molecule has 0 bridgehead atoms. The molecule has 3 N–H and O–H groups in total. The van der Waals surface area contributed by atoms with Crippen LogP contribution in [-0.4, -0.2) is 56.5 Å². The zero-order chi connectivity index (χ0) is 26.4. The summed E-state index contributed by atoms with van der Waals surface area (Å²) in [5.74, 6) is -1.14. The van der Waals surface area contributed by atoms with Gasteiger partial charge in [-0.2, -0.15) is 0 Å². The van der Waals surface area contributed by atoms with Crippen molar-refractivity contribution in [3.05, 3.63) is 53.6 Å². The molecule has 0 saturated heterocycles. The molecule has 0 radical (unpaired) electrons. The average molecular weight is 490 g/mol. The number of hydrogen-bond donors (Lipinski definition) is 3. The molecule has 0 aliphatic heterocycles. The Balaban J connectivity index is 0.000000658. The van der Waals surface area contributed by atoms with Gasteiger partial charge < -0.3 is 34.5 Å². The predicted octanol–water partition coefficient (Wildman–Crippen LogP) is 4.03. The second-order valence-electron chi connectivity index (χ2n) is 6.92. The molecule has 0 aliphatic rings. The van der Waals surface area contributed by atoms with Crippen LogP contribution in [0.3, 0.4) is 0 Å². The number of nitrogens with one attached hydrogen (secondary N) is 1. The minimum Gasteiger partial charge on any atom is -0.493 e. The van der Waals surface area contributed by atoms with Crippen molar-refractivity contribution in [3.8, 4) is 23.0 Å². The smallest absolute Gasteiger partial charge is 0.344 e. The van der Waals surface area contributed by atoms with E-state index in [9.17, 15) is 14.4 Å². The van der Waals surface area contributed by atoms with Crippen LogP contribution >= 0.6 is 0 Å². The molecule has 0 unspecified atom stereocenters. The van der Waals surface area contributed by atoms with E-state index in [-0.39, 0.29) is 0 Å². The van der Waals surface area contributed by atoms with Gasteiger partial charge in [0.2, 0.25) is 5.75 Å². The first-order chi connectivity index (χ1) is 16.7. The third kappa shape index (κ3) is 8.58. The third-order valence-corrected chi connectivity index (χ3v) is 4.66. The lowest BCUT2D eigenvalue weighted by atomic mass is 9.99. The number of methoxy groups -OCH3 is 3. The minimum atomic E-state index is -1.26. The van der Waals surface area contributed by atoms with Crippen LogP contribution < -0.4 is 24.3 Å². The fraction of sp³-hybridized carbons (Fsp3) is 0.320. The van der Waals surface area contributed by atoms with Gasteiger partial charge in [-0.05, 0) is 31.0 Å². The molecule has 10 nitrogen and oxygen atoms in total. The number of benzene rings is 2. The summed E-state index contributed by atoms with van der Waals surface area (Å²) in [6.07, 6.45) is 3.66. The summed E-state index contributed by atoms with van der Waals surface area (Å²) in [6.45, 7) is 2.09. The molecule has 190 valence electrons. The van der Waals surface area contributed by atoms with Crippen LogP contribution in [0.1, 0.15) is 35.7 Å². The van der Waals surface area contributed by atoms with Crippen LogP contribution in [-0.2, 0) is 16.0 Å². The molecule has 2 aromatic carbocycles. The van der Waals surface area contributed by atoms with E-state index in [0.29, 0.717) is 47.1 Å². The van der Waals surface area contributed by atoms with Crippen molar-refractivity contribution < 1.29 is 43.5 Å². The molecule has 0 aromatic heterocycles. The lowest BCUT2D eigenvalue weighted by Crippen LogP contribution is -2.14. The summed E-state index contributed by atoms with van der Waals surface area (Å²) in [4.78, 5) is 32.1. The number of para-hydroxylation sites is 2. The SMILES string of the molecule is CCCCc1c(C(=O)Oc2ccccc2NC)cc(OC)c(OC)c1OC.O=C(O)/C=C\C(=O)O. The highest BCUT2D eigenvalue weighted by atomic mass is 16.5. The van der Waals surface area contributed by atoms with Crippen molar-refractivity contribution in [2.24, 2.45) is 0 Å². The maximum Gasteiger partial charge on any atom is 0.344 e. The first-order valence-electron chi connectivity index (χ1n) is 10.7. The number of unbranched alkanes of at least 4 members (excludes halogenated alkanes) is 1. The Hall–Kier alpha value is -4.21. The highest BCUT2D eigenvalue weighted by molar-refractivity contribution is 5.95. The van der Waals surface area contributed by atoms with Crippen molar-refractivity contribution in [1.82, 2.24) is 0 Å². The fourth-order valence-corrected chi connectivity index (χ4v) is 3.06. The van der Waals surface area contributed by atoms with Crippen LogP contribution in [0.4, 0.5) is 5.69 Å². The number of carboxylic acid groups (broad SMARTS) is 2. The van der Waals surface area contributed by atoms with Gasteiger partial charge in [0.15, 0.2) is 17.2 Å². The van der Waals surface area contributed by atoms with E-state index in [1.807, 2.05) is 18.2 Å². The van der Waals surface area contributed by atoms with Gasteiger partial charge in [0.25, 0.3) is 0 Å². The minimum absolute atomic E-state index is 0.406. The van der Waals surface area contributed by atoms with Crippen LogP contribution in [0.15, 0.2) is 42.5 Å². The zero-order valence-corrected chi connectivity index (χ0v) is 20.4. The number of ether oxygens (including phenoxy) is 4. The summed E-state index contributed by atoms with van der Waals surface area (Å²) in [5, 5.41) is 18.6. The second kappa shape index (κ2) is 14.8. The number of hydrogen-bond acceptors (Lipinski definition) is 8. The predicted molar refractivity (Wildman–Crippen MR) is 130 cm³/mol. The first kappa shape index (κ1) is 28.8. The third-order valence-electron chi connectivity index (χ3n) is 4.66. The van der Waals surface area contributed by atoms with Gasteiger partial charge in [-0.3, -0.25) is 0 Å². The molecule has 0 heterocycles. The first-order valence-corrected chi connectivity index (χ1v) is 10.7. The number of carboxylic acids is 2. The molecular weight excluding hydrogens is 458 g/mol. The van der Waals surface area contributed by atoms with Gasteiger partial charge in [0, 0.05) is 24.8 Å². The standard InChI is InChI=1S/C21H27NO5.C4H4O4/c1-6-7-10-14-15(13-18(24-3)20(26-5)19(14)25-4)21(23)27-17-12-9-8-11-16(17)22-2;5-3(6)1-2-4(7)8/h8-9,11-13,22H,6-7,10H2,1-5H3;1-2H,(H,5,6)(H,7,8)/b;2-1-. The van der Waals surface area contributed by atoms with Gasteiger partial charge in [-0.15, -0.1) is 0 Å². The summed E-state index contributed by atoms with van der Waals surface area (Å²) in [6, 6.07) is 8.92. The molecule has 2 rings (SSSR count). The molecule has 0 fully saturated rings. The van der Waals surface area contributed by atoms with E-state index in [0.717, 1.165) is 24.1 Å². The van der Waals surface area contributed by atoms with Crippen LogP contribution in [0.25, 0.3) is 0 Å². The van der Waals surface area contributed by atoms with Crippen LogP contribution in [0, 0.1) is 0 Å². The number of esters is 1. The number of rotatable bonds is 11. The van der Waals surface area contributed by atoms with Gasteiger partial charge in [-0.1, -0.05) is 25.5 Å². The lowest BCUT2D eigenvalue weighted by Gasteiger charge is -2.19. The molecule has 0 spiro atoms. The molecule has 0 saturated carbocycles.